The molecular weight excluding hydrogens is 324 g/mol. The summed E-state index contributed by atoms with van der Waals surface area (Å²) in [5.41, 5.74) is 2.41. The standard InChI is InChI=1S/C18H17BrN2/c1-20-18(11-15-10-9-14(19)12-21-15)17-8-4-6-13-5-2-3-7-16(13)17/h2-10,12,18,20H,11H2,1H3. The van der Waals surface area contributed by atoms with E-state index in [0.717, 1.165) is 16.6 Å². The van der Waals surface area contributed by atoms with Gasteiger partial charge in [-0.15, -0.1) is 0 Å². The highest BCUT2D eigenvalue weighted by Gasteiger charge is 2.13. The van der Waals surface area contributed by atoms with Gasteiger partial charge in [0.2, 0.25) is 0 Å². The van der Waals surface area contributed by atoms with Gasteiger partial charge in [0.25, 0.3) is 0 Å². The quantitative estimate of drug-likeness (QED) is 0.756. The number of nitrogens with zero attached hydrogens (tertiary/aromatic N) is 1. The van der Waals surface area contributed by atoms with Crippen LogP contribution in [0.15, 0.2) is 65.3 Å². The van der Waals surface area contributed by atoms with Crippen molar-refractivity contribution in [3.63, 3.8) is 0 Å². The van der Waals surface area contributed by atoms with Crippen molar-refractivity contribution in [2.75, 3.05) is 7.05 Å². The number of rotatable bonds is 4. The van der Waals surface area contributed by atoms with Gasteiger partial charge in [0.1, 0.15) is 0 Å². The summed E-state index contributed by atoms with van der Waals surface area (Å²) in [6, 6.07) is 19.4. The van der Waals surface area contributed by atoms with Crippen molar-refractivity contribution in [1.29, 1.82) is 0 Å². The van der Waals surface area contributed by atoms with E-state index in [0.29, 0.717) is 0 Å². The molecule has 0 spiro atoms. The number of aromatic nitrogens is 1. The molecule has 1 N–H and O–H groups in total. The van der Waals surface area contributed by atoms with E-state index >= 15 is 0 Å². The maximum Gasteiger partial charge on any atom is 0.0423 e. The third-order valence-electron chi connectivity index (χ3n) is 3.75. The molecule has 21 heavy (non-hydrogen) atoms. The molecular formula is C18H17BrN2. The van der Waals surface area contributed by atoms with Crippen molar-refractivity contribution in [3.05, 3.63) is 76.5 Å². The lowest BCUT2D eigenvalue weighted by Gasteiger charge is -2.18. The number of hydrogen-bond acceptors (Lipinski definition) is 2. The SMILES string of the molecule is CNC(Cc1ccc(Br)cn1)c1cccc2ccccc12. The van der Waals surface area contributed by atoms with E-state index in [1.54, 1.807) is 0 Å². The first-order chi connectivity index (χ1) is 10.3. The first kappa shape index (κ1) is 14.2. The van der Waals surface area contributed by atoms with Crippen LogP contribution >= 0.6 is 15.9 Å². The Morgan fingerprint density at radius 2 is 1.86 bits per heavy atom. The van der Waals surface area contributed by atoms with Gasteiger partial charge in [0, 0.05) is 28.8 Å². The number of likely N-dealkylation sites (N-methyl/N-ethyl adjacent to an activating group) is 1. The summed E-state index contributed by atoms with van der Waals surface area (Å²) in [4.78, 5) is 4.48. The van der Waals surface area contributed by atoms with Gasteiger partial charge in [-0.2, -0.15) is 0 Å². The Balaban J connectivity index is 1.96. The molecule has 2 aromatic carbocycles. The number of halogens is 1. The average molecular weight is 341 g/mol. The number of nitrogens with one attached hydrogen (secondary N) is 1. The summed E-state index contributed by atoms with van der Waals surface area (Å²) in [6.45, 7) is 0. The van der Waals surface area contributed by atoms with Crippen molar-refractivity contribution in [3.8, 4) is 0 Å². The van der Waals surface area contributed by atoms with E-state index in [2.05, 4.69) is 74.8 Å². The van der Waals surface area contributed by atoms with Crippen LogP contribution in [0.25, 0.3) is 10.8 Å². The Labute approximate surface area is 133 Å². The first-order valence-corrected chi connectivity index (χ1v) is 7.82. The molecule has 3 heteroatoms. The van der Waals surface area contributed by atoms with Crippen LogP contribution in [0.5, 0.6) is 0 Å². The molecule has 0 saturated carbocycles. The minimum Gasteiger partial charge on any atom is -0.313 e. The van der Waals surface area contributed by atoms with Crippen molar-refractivity contribution in [1.82, 2.24) is 10.3 Å². The summed E-state index contributed by atoms with van der Waals surface area (Å²) in [7, 11) is 2.01. The van der Waals surface area contributed by atoms with E-state index in [9.17, 15) is 0 Å². The predicted molar refractivity (Wildman–Crippen MR) is 91.4 cm³/mol. The highest BCUT2D eigenvalue weighted by Crippen LogP contribution is 2.26. The lowest BCUT2D eigenvalue weighted by atomic mass is 9.96. The Morgan fingerprint density at radius 3 is 2.62 bits per heavy atom. The molecule has 0 saturated heterocycles. The van der Waals surface area contributed by atoms with Gasteiger partial charge in [0.15, 0.2) is 0 Å². The van der Waals surface area contributed by atoms with Crippen molar-refractivity contribution in [2.24, 2.45) is 0 Å². The minimum absolute atomic E-state index is 0.254. The van der Waals surface area contributed by atoms with Crippen LogP contribution in [0.2, 0.25) is 0 Å². The molecule has 3 aromatic rings. The minimum atomic E-state index is 0.254. The smallest absolute Gasteiger partial charge is 0.0423 e. The molecule has 0 amide bonds. The summed E-state index contributed by atoms with van der Waals surface area (Å²) in [6.07, 6.45) is 2.73. The van der Waals surface area contributed by atoms with Crippen LogP contribution in [-0.2, 0) is 6.42 Å². The lowest BCUT2D eigenvalue weighted by Crippen LogP contribution is -2.19. The third kappa shape index (κ3) is 3.14. The zero-order chi connectivity index (χ0) is 14.7. The maximum atomic E-state index is 4.48. The zero-order valence-electron chi connectivity index (χ0n) is 11.9. The van der Waals surface area contributed by atoms with Gasteiger partial charge in [-0.3, -0.25) is 4.98 Å². The molecule has 1 aromatic heterocycles. The fraction of sp³-hybridized carbons (Fsp3) is 0.167. The molecule has 0 radical (unpaired) electrons. The number of hydrogen-bond donors (Lipinski definition) is 1. The third-order valence-corrected chi connectivity index (χ3v) is 4.22. The van der Waals surface area contributed by atoms with E-state index in [1.807, 2.05) is 19.3 Å². The van der Waals surface area contributed by atoms with Gasteiger partial charge in [-0.05, 0) is 51.4 Å². The first-order valence-electron chi connectivity index (χ1n) is 7.03. The molecule has 0 fully saturated rings. The molecule has 3 rings (SSSR count). The second-order valence-corrected chi connectivity index (χ2v) is 6.00. The normalized spacial score (nSPS) is 12.5. The van der Waals surface area contributed by atoms with E-state index in [1.165, 1.54) is 16.3 Å². The number of fused-ring (bicyclic) bond motifs is 1. The summed E-state index contributed by atoms with van der Waals surface area (Å²) in [5.74, 6) is 0. The predicted octanol–water partition coefficient (Wildman–Crippen LogP) is 4.50. The van der Waals surface area contributed by atoms with E-state index in [4.69, 9.17) is 0 Å². The maximum absolute atomic E-state index is 4.48. The van der Waals surface area contributed by atoms with Crippen LogP contribution in [0.4, 0.5) is 0 Å². The van der Waals surface area contributed by atoms with Crippen LogP contribution in [0, 0.1) is 0 Å². The lowest BCUT2D eigenvalue weighted by molar-refractivity contribution is 0.588. The second-order valence-electron chi connectivity index (χ2n) is 5.08. The average Bonchev–Trinajstić information content (AvgIpc) is 2.54. The summed E-state index contributed by atoms with van der Waals surface area (Å²) < 4.78 is 1.01. The fourth-order valence-electron chi connectivity index (χ4n) is 2.66. The molecule has 106 valence electrons. The topological polar surface area (TPSA) is 24.9 Å². The van der Waals surface area contributed by atoms with Crippen LogP contribution < -0.4 is 5.32 Å². The van der Waals surface area contributed by atoms with Crippen LogP contribution in [0.1, 0.15) is 17.3 Å². The van der Waals surface area contributed by atoms with Crippen LogP contribution in [0.3, 0.4) is 0 Å². The van der Waals surface area contributed by atoms with Gasteiger partial charge in [-0.25, -0.2) is 0 Å². The highest BCUT2D eigenvalue weighted by molar-refractivity contribution is 9.10. The van der Waals surface area contributed by atoms with Gasteiger partial charge in [0.05, 0.1) is 0 Å². The van der Waals surface area contributed by atoms with Gasteiger partial charge >= 0.3 is 0 Å². The van der Waals surface area contributed by atoms with Crippen molar-refractivity contribution >= 4 is 26.7 Å². The van der Waals surface area contributed by atoms with Crippen LogP contribution in [-0.4, -0.2) is 12.0 Å². The summed E-state index contributed by atoms with van der Waals surface area (Å²) in [5, 5.41) is 6.00. The fourth-order valence-corrected chi connectivity index (χ4v) is 2.89. The van der Waals surface area contributed by atoms with Crippen molar-refractivity contribution in [2.45, 2.75) is 12.5 Å². The molecule has 0 aliphatic heterocycles. The highest BCUT2D eigenvalue weighted by atomic mass is 79.9. The Hall–Kier alpha value is -1.71. The Morgan fingerprint density at radius 1 is 1.05 bits per heavy atom. The number of pyridine rings is 1. The molecule has 0 aliphatic rings. The molecule has 2 nitrogen and oxygen atoms in total. The molecule has 0 aliphatic carbocycles. The molecule has 1 heterocycles. The summed E-state index contributed by atoms with van der Waals surface area (Å²) >= 11 is 3.43. The van der Waals surface area contributed by atoms with E-state index < -0.39 is 0 Å². The Kier molecular flexibility index (Phi) is 4.32. The van der Waals surface area contributed by atoms with Crippen molar-refractivity contribution < 1.29 is 0 Å². The molecule has 1 atom stereocenters. The second kappa shape index (κ2) is 6.37. The number of benzene rings is 2. The monoisotopic (exact) mass is 340 g/mol. The van der Waals surface area contributed by atoms with Gasteiger partial charge < -0.3 is 5.32 Å². The van der Waals surface area contributed by atoms with E-state index in [-0.39, 0.29) is 6.04 Å². The molecule has 0 bridgehead atoms. The largest absolute Gasteiger partial charge is 0.313 e. The zero-order valence-corrected chi connectivity index (χ0v) is 13.5. The molecule has 1 unspecified atom stereocenters. The van der Waals surface area contributed by atoms with Gasteiger partial charge in [-0.1, -0.05) is 42.5 Å². The Bertz CT molecular complexity index is 732.